The number of hydrogen-bond acceptors (Lipinski definition) is 9. The molecule has 4 rings (SSSR count). The van der Waals surface area contributed by atoms with Gasteiger partial charge in [0.1, 0.15) is 6.33 Å². The summed E-state index contributed by atoms with van der Waals surface area (Å²) in [6, 6.07) is 3.00. The summed E-state index contributed by atoms with van der Waals surface area (Å²) in [7, 11) is 0. The average molecular weight is 411 g/mol. The van der Waals surface area contributed by atoms with Gasteiger partial charge in [-0.15, -0.1) is 0 Å². The van der Waals surface area contributed by atoms with Crippen LogP contribution in [0.15, 0.2) is 24.7 Å². The molecule has 0 aliphatic carbocycles. The Labute approximate surface area is 170 Å². The maximum atomic E-state index is 12.5. The molecule has 1 aliphatic rings. The second-order valence-corrected chi connectivity index (χ2v) is 6.38. The average Bonchev–Trinajstić information content (AvgIpc) is 3.39. The van der Waals surface area contributed by atoms with E-state index in [9.17, 15) is 14.4 Å². The molecule has 0 bridgehead atoms. The summed E-state index contributed by atoms with van der Waals surface area (Å²) in [6.07, 6.45) is 3.16. The molecular formula is C19H17N5O6. The van der Waals surface area contributed by atoms with Gasteiger partial charge in [-0.3, -0.25) is 9.59 Å². The fourth-order valence-electron chi connectivity index (χ4n) is 3.07. The van der Waals surface area contributed by atoms with Crippen molar-refractivity contribution in [2.75, 3.05) is 18.7 Å². The van der Waals surface area contributed by atoms with Gasteiger partial charge in [-0.05, 0) is 19.4 Å². The minimum atomic E-state index is -0.718. The topological polar surface area (TPSA) is 134 Å². The summed E-state index contributed by atoms with van der Waals surface area (Å²) in [4.78, 5) is 44.7. The lowest BCUT2D eigenvalue weighted by Gasteiger charge is -2.12. The second-order valence-electron chi connectivity index (χ2n) is 6.38. The molecule has 0 saturated heterocycles. The van der Waals surface area contributed by atoms with Crippen molar-refractivity contribution in [3.63, 3.8) is 0 Å². The largest absolute Gasteiger partial charge is 0.454 e. The van der Waals surface area contributed by atoms with Crippen molar-refractivity contribution in [1.82, 2.24) is 19.6 Å². The maximum absolute atomic E-state index is 12.5. The van der Waals surface area contributed by atoms with Gasteiger partial charge >= 0.3 is 5.97 Å². The molecule has 11 heteroatoms. The highest BCUT2D eigenvalue weighted by atomic mass is 16.7. The molecule has 3 aromatic rings. The van der Waals surface area contributed by atoms with Crippen molar-refractivity contribution in [3.05, 3.63) is 41.5 Å². The van der Waals surface area contributed by atoms with Gasteiger partial charge in [0, 0.05) is 17.8 Å². The number of aryl methyl sites for hydroxylation is 1. The Bertz CT molecular complexity index is 1170. The van der Waals surface area contributed by atoms with Crippen LogP contribution in [0.5, 0.6) is 11.5 Å². The van der Waals surface area contributed by atoms with Gasteiger partial charge in [0.2, 0.25) is 6.79 Å². The van der Waals surface area contributed by atoms with Gasteiger partial charge in [0.15, 0.2) is 23.9 Å². The normalized spacial score (nSPS) is 12.1. The Balaban J connectivity index is 1.47. The lowest BCUT2D eigenvalue weighted by atomic mass is 10.1. The lowest BCUT2D eigenvalue weighted by molar-refractivity contribution is -0.119. The van der Waals surface area contributed by atoms with Crippen molar-refractivity contribution in [3.8, 4) is 11.5 Å². The molecule has 0 unspecified atom stereocenters. The van der Waals surface area contributed by atoms with Crippen molar-refractivity contribution in [1.29, 1.82) is 0 Å². The number of nitrogens with one attached hydrogen (secondary N) is 1. The number of carbonyl (C=O) groups is 3. The smallest absolute Gasteiger partial charge is 0.342 e. The van der Waals surface area contributed by atoms with Crippen molar-refractivity contribution in [2.45, 2.75) is 20.3 Å². The number of carbonyl (C=O) groups excluding carboxylic acids is 3. The zero-order chi connectivity index (χ0) is 21.3. The highest BCUT2D eigenvalue weighted by molar-refractivity contribution is 6.05. The minimum absolute atomic E-state index is 0.0333. The van der Waals surface area contributed by atoms with E-state index in [2.05, 4.69) is 20.4 Å². The van der Waals surface area contributed by atoms with Crippen molar-refractivity contribution >= 4 is 29.1 Å². The predicted molar refractivity (Wildman–Crippen MR) is 102 cm³/mol. The van der Waals surface area contributed by atoms with Gasteiger partial charge in [-0.2, -0.15) is 10.1 Å². The number of amides is 1. The molecule has 0 spiro atoms. The fourth-order valence-corrected chi connectivity index (χ4v) is 3.07. The summed E-state index contributed by atoms with van der Waals surface area (Å²) in [5.74, 6) is -0.400. The first-order valence-electron chi connectivity index (χ1n) is 9.07. The van der Waals surface area contributed by atoms with Crippen LogP contribution in [0, 0.1) is 0 Å². The summed E-state index contributed by atoms with van der Waals surface area (Å²) in [5.41, 5.74) is 1.26. The van der Waals surface area contributed by atoms with Crippen LogP contribution in [-0.2, 0) is 16.0 Å². The third kappa shape index (κ3) is 3.52. The van der Waals surface area contributed by atoms with Crippen LogP contribution in [0.2, 0.25) is 0 Å². The first-order chi connectivity index (χ1) is 14.5. The SMILES string of the molecule is CCc1c(C(=O)OCC(=O)Nc2cc3c(cc2C(C)=O)OCO3)cnc2ncnn12. The molecule has 0 radical (unpaired) electrons. The number of nitrogens with zero attached hydrogens (tertiary/aromatic N) is 4. The van der Waals surface area contributed by atoms with Crippen LogP contribution in [0.25, 0.3) is 5.78 Å². The van der Waals surface area contributed by atoms with Crippen molar-refractivity contribution < 1.29 is 28.6 Å². The van der Waals surface area contributed by atoms with E-state index >= 15 is 0 Å². The Morgan fingerprint density at radius 1 is 1.17 bits per heavy atom. The van der Waals surface area contributed by atoms with Crippen LogP contribution in [0.1, 0.15) is 40.3 Å². The third-order valence-corrected chi connectivity index (χ3v) is 4.46. The van der Waals surface area contributed by atoms with Crippen LogP contribution in [0.4, 0.5) is 5.69 Å². The number of benzene rings is 1. The number of Topliss-reactive ketones (excluding diaryl/α,β-unsaturated/α-hetero) is 1. The van der Waals surface area contributed by atoms with E-state index in [1.807, 2.05) is 6.92 Å². The highest BCUT2D eigenvalue weighted by Crippen LogP contribution is 2.37. The maximum Gasteiger partial charge on any atom is 0.342 e. The molecule has 1 amide bonds. The van der Waals surface area contributed by atoms with E-state index in [0.29, 0.717) is 29.4 Å². The Hall–Kier alpha value is -4.02. The van der Waals surface area contributed by atoms with Crippen LogP contribution in [0.3, 0.4) is 0 Å². The standard InChI is InChI=1S/C19H17N5O6/c1-3-14-12(6-20-19-21-8-22-24(14)19)18(27)28-7-17(26)23-13-5-16-15(29-9-30-16)4-11(13)10(2)25/h4-6,8H,3,7,9H2,1-2H3,(H,23,26). The van der Waals surface area contributed by atoms with Crippen LogP contribution in [-0.4, -0.2) is 50.6 Å². The van der Waals surface area contributed by atoms with Gasteiger partial charge < -0.3 is 19.5 Å². The molecule has 0 saturated carbocycles. The number of hydrogen-bond donors (Lipinski definition) is 1. The molecule has 3 heterocycles. The first kappa shape index (κ1) is 19.3. The van der Waals surface area contributed by atoms with Gasteiger partial charge in [0.05, 0.1) is 16.9 Å². The Morgan fingerprint density at radius 3 is 2.67 bits per heavy atom. The molecule has 1 N–H and O–H groups in total. The zero-order valence-electron chi connectivity index (χ0n) is 16.2. The minimum Gasteiger partial charge on any atom is -0.454 e. The number of rotatable bonds is 6. The van der Waals surface area contributed by atoms with E-state index in [-0.39, 0.29) is 29.4 Å². The summed E-state index contributed by atoms with van der Waals surface area (Å²) < 4.78 is 17.1. The van der Waals surface area contributed by atoms with Gasteiger partial charge in [-0.25, -0.2) is 14.3 Å². The molecule has 30 heavy (non-hydrogen) atoms. The monoisotopic (exact) mass is 411 g/mol. The van der Waals surface area contributed by atoms with E-state index in [4.69, 9.17) is 14.2 Å². The Morgan fingerprint density at radius 2 is 1.93 bits per heavy atom. The first-order valence-corrected chi connectivity index (χ1v) is 9.07. The molecule has 154 valence electrons. The van der Waals surface area contributed by atoms with Gasteiger partial charge in [0.25, 0.3) is 11.7 Å². The van der Waals surface area contributed by atoms with E-state index in [1.54, 1.807) is 0 Å². The molecule has 1 aromatic carbocycles. The molecule has 1 aliphatic heterocycles. The van der Waals surface area contributed by atoms with Gasteiger partial charge in [-0.1, -0.05) is 6.92 Å². The molecule has 0 atom stereocenters. The number of fused-ring (bicyclic) bond motifs is 2. The van der Waals surface area contributed by atoms with E-state index in [1.165, 1.54) is 36.1 Å². The summed E-state index contributed by atoms with van der Waals surface area (Å²) in [6.45, 7) is 2.70. The number of esters is 1. The lowest BCUT2D eigenvalue weighted by Crippen LogP contribution is -2.23. The summed E-state index contributed by atoms with van der Waals surface area (Å²) >= 11 is 0. The molecule has 0 fully saturated rings. The number of ether oxygens (including phenoxy) is 3. The Kier molecular flexibility index (Phi) is 5.00. The molecule has 11 nitrogen and oxygen atoms in total. The number of aromatic nitrogens is 4. The number of ketones is 1. The second kappa shape index (κ2) is 7.78. The highest BCUT2D eigenvalue weighted by Gasteiger charge is 2.22. The van der Waals surface area contributed by atoms with E-state index in [0.717, 1.165) is 0 Å². The number of anilines is 1. The summed E-state index contributed by atoms with van der Waals surface area (Å²) in [5, 5.41) is 6.61. The van der Waals surface area contributed by atoms with Crippen LogP contribution < -0.4 is 14.8 Å². The van der Waals surface area contributed by atoms with Crippen LogP contribution >= 0.6 is 0 Å². The molecular weight excluding hydrogens is 394 g/mol. The third-order valence-electron chi connectivity index (χ3n) is 4.46. The predicted octanol–water partition coefficient (Wildman–Crippen LogP) is 1.41. The quantitative estimate of drug-likeness (QED) is 0.472. The fraction of sp³-hybridized carbons (Fsp3) is 0.263. The van der Waals surface area contributed by atoms with E-state index < -0.39 is 18.5 Å². The zero-order valence-corrected chi connectivity index (χ0v) is 16.2. The van der Waals surface area contributed by atoms with Crippen molar-refractivity contribution in [2.24, 2.45) is 0 Å². The molecule has 2 aromatic heterocycles.